The van der Waals surface area contributed by atoms with Crippen LogP contribution in [0, 0.1) is 0 Å². The summed E-state index contributed by atoms with van der Waals surface area (Å²) in [5.41, 5.74) is 2.69. The van der Waals surface area contributed by atoms with Gasteiger partial charge in [-0.3, -0.25) is 19.9 Å². The van der Waals surface area contributed by atoms with Crippen LogP contribution < -0.4 is 16.1 Å². The standard InChI is InChI=1S/C14H29N5O3/c1-3-22-14(21)13(2)18-8-4-15-6-10-19(17-12-20)11-7-16-5-9-18/h12-13,15-16H,3-11H2,1-2H3,(H,17,20). The van der Waals surface area contributed by atoms with E-state index in [2.05, 4.69) is 21.0 Å². The predicted octanol–water partition coefficient (Wildman–Crippen LogP) is -1.60. The van der Waals surface area contributed by atoms with Gasteiger partial charge in [0, 0.05) is 52.4 Å². The molecular formula is C14H29N5O3. The number of hydrazine groups is 1. The molecule has 1 fully saturated rings. The molecule has 0 radical (unpaired) electrons. The summed E-state index contributed by atoms with van der Waals surface area (Å²) >= 11 is 0. The van der Waals surface area contributed by atoms with Gasteiger partial charge in [0.05, 0.1) is 6.61 Å². The lowest BCUT2D eigenvalue weighted by molar-refractivity contribution is -0.148. The molecule has 1 unspecified atom stereocenters. The van der Waals surface area contributed by atoms with E-state index in [1.165, 1.54) is 0 Å². The zero-order valence-corrected chi connectivity index (χ0v) is 13.6. The minimum atomic E-state index is -0.236. The second kappa shape index (κ2) is 11.4. The molecule has 1 saturated heterocycles. The molecule has 1 amide bonds. The van der Waals surface area contributed by atoms with Gasteiger partial charge in [0.15, 0.2) is 0 Å². The molecular weight excluding hydrogens is 286 g/mol. The van der Waals surface area contributed by atoms with Crippen LogP contribution in [-0.2, 0) is 14.3 Å². The number of carbonyl (C=O) groups excluding carboxylic acids is 2. The highest BCUT2D eigenvalue weighted by atomic mass is 16.5. The summed E-state index contributed by atoms with van der Waals surface area (Å²) in [6, 6.07) is -0.236. The fourth-order valence-corrected chi connectivity index (χ4v) is 2.35. The van der Waals surface area contributed by atoms with Crippen molar-refractivity contribution in [2.24, 2.45) is 0 Å². The number of ether oxygens (including phenoxy) is 1. The van der Waals surface area contributed by atoms with Gasteiger partial charge in [-0.2, -0.15) is 0 Å². The number of hydrogen-bond acceptors (Lipinski definition) is 7. The molecule has 1 aliphatic rings. The third-order valence-corrected chi connectivity index (χ3v) is 3.68. The molecule has 0 aromatic heterocycles. The van der Waals surface area contributed by atoms with Crippen LogP contribution in [0.4, 0.5) is 0 Å². The Morgan fingerprint density at radius 3 is 2.23 bits per heavy atom. The Kier molecular flexibility index (Phi) is 9.72. The van der Waals surface area contributed by atoms with Crippen molar-refractivity contribution in [3.8, 4) is 0 Å². The maximum absolute atomic E-state index is 11.9. The van der Waals surface area contributed by atoms with Crippen molar-refractivity contribution in [1.29, 1.82) is 0 Å². The van der Waals surface area contributed by atoms with E-state index in [-0.39, 0.29) is 12.0 Å². The van der Waals surface area contributed by atoms with Gasteiger partial charge in [-0.15, -0.1) is 0 Å². The van der Waals surface area contributed by atoms with Crippen LogP contribution in [0.5, 0.6) is 0 Å². The van der Waals surface area contributed by atoms with E-state index < -0.39 is 0 Å². The number of esters is 1. The zero-order chi connectivity index (χ0) is 16.2. The van der Waals surface area contributed by atoms with Gasteiger partial charge in [-0.05, 0) is 13.8 Å². The Morgan fingerprint density at radius 1 is 1.18 bits per heavy atom. The molecule has 0 aromatic carbocycles. The van der Waals surface area contributed by atoms with E-state index in [4.69, 9.17) is 4.74 Å². The third kappa shape index (κ3) is 7.17. The normalized spacial score (nSPS) is 21.2. The lowest BCUT2D eigenvalue weighted by Crippen LogP contribution is -2.50. The minimum Gasteiger partial charge on any atom is -0.465 e. The number of rotatable bonds is 5. The van der Waals surface area contributed by atoms with E-state index >= 15 is 0 Å². The van der Waals surface area contributed by atoms with E-state index in [1.807, 2.05) is 18.9 Å². The van der Waals surface area contributed by atoms with Crippen molar-refractivity contribution in [2.75, 3.05) is 59.0 Å². The number of nitrogens with one attached hydrogen (secondary N) is 3. The van der Waals surface area contributed by atoms with E-state index in [0.717, 1.165) is 52.4 Å². The summed E-state index contributed by atoms with van der Waals surface area (Å²) < 4.78 is 5.10. The van der Waals surface area contributed by atoms with Crippen LogP contribution in [0.1, 0.15) is 13.8 Å². The summed E-state index contributed by atoms with van der Waals surface area (Å²) in [7, 11) is 0. The lowest BCUT2D eigenvalue weighted by Gasteiger charge is -2.29. The second-order valence-electron chi connectivity index (χ2n) is 5.20. The fourth-order valence-electron chi connectivity index (χ4n) is 2.35. The van der Waals surface area contributed by atoms with Gasteiger partial charge in [-0.25, -0.2) is 5.01 Å². The molecule has 1 atom stereocenters. The first kappa shape index (κ1) is 18.8. The van der Waals surface area contributed by atoms with Crippen molar-refractivity contribution in [1.82, 2.24) is 26.0 Å². The molecule has 0 spiro atoms. The minimum absolute atomic E-state index is 0.170. The Bertz CT molecular complexity index is 316. The molecule has 0 aromatic rings. The second-order valence-corrected chi connectivity index (χ2v) is 5.20. The number of nitrogens with zero attached hydrogens (tertiary/aromatic N) is 2. The fraction of sp³-hybridized carbons (Fsp3) is 0.857. The summed E-state index contributed by atoms with van der Waals surface area (Å²) in [4.78, 5) is 24.5. The molecule has 8 heteroatoms. The van der Waals surface area contributed by atoms with Crippen LogP contribution in [0.3, 0.4) is 0 Å². The average molecular weight is 315 g/mol. The zero-order valence-electron chi connectivity index (χ0n) is 13.6. The monoisotopic (exact) mass is 315 g/mol. The highest BCUT2D eigenvalue weighted by molar-refractivity contribution is 5.75. The van der Waals surface area contributed by atoms with Gasteiger partial charge in [0.2, 0.25) is 6.41 Å². The van der Waals surface area contributed by atoms with Crippen LogP contribution in [-0.4, -0.2) is 87.3 Å². The van der Waals surface area contributed by atoms with Gasteiger partial charge >= 0.3 is 5.97 Å². The van der Waals surface area contributed by atoms with Gasteiger partial charge in [-0.1, -0.05) is 0 Å². The van der Waals surface area contributed by atoms with Gasteiger partial charge in [0.1, 0.15) is 6.04 Å². The largest absolute Gasteiger partial charge is 0.465 e. The first-order valence-electron chi connectivity index (χ1n) is 7.96. The predicted molar refractivity (Wildman–Crippen MR) is 84.2 cm³/mol. The molecule has 1 aliphatic heterocycles. The lowest BCUT2D eigenvalue weighted by atomic mass is 10.2. The molecule has 128 valence electrons. The van der Waals surface area contributed by atoms with Crippen LogP contribution in [0.2, 0.25) is 0 Å². The smallest absolute Gasteiger partial charge is 0.323 e. The highest BCUT2D eigenvalue weighted by Gasteiger charge is 2.21. The molecule has 1 heterocycles. The summed E-state index contributed by atoms with van der Waals surface area (Å²) in [6.45, 7) is 10.3. The quantitative estimate of drug-likeness (QED) is 0.416. The average Bonchev–Trinajstić information content (AvgIpc) is 2.49. The summed E-state index contributed by atoms with van der Waals surface area (Å²) in [6.07, 6.45) is 0.703. The van der Waals surface area contributed by atoms with Crippen molar-refractivity contribution in [3.63, 3.8) is 0 Å². The van der Waals surface area contributed by atoms with Gasteiger partial charge < -0.3 is 15.4 Å². The van der Waals surface area contributed by atoms with Crippen molar-refractivity contribution >= 4 is 12.4 Å². The molecule has 8 nitrogen and oxygen atoms in total. The van der Waals surface area contributed by atoms with Gasteiger partial charge in [0.25, 0.3) is 0 Å². The van der Waals surface area contributed by atoms with Crippen LogP contribution in [0.15, 0.2) is 0 Å². The SMILES string of the molecule is CCOC(=O)C(C)N1CCNCCN(NC=O)CCNCC1. The first-order valence-corrected chi connectivity index (χ1v) is 7.96. The Hall–Kier alpha value is -1.22. The van der Waals surface area contributed by atoms with Crippen LogP contribution in [0.25, 0.3) is 0 Å². The molecule has 0 aliphatic carbocycles. The van der Waals surface area contributed by atoms with Crippen LogP contribution >= 0.6 is 0 Å². The molecule has 3 N–H and O–H groups in total. The van der Waals surface area contributed by atoms with E-state index in [1.54, 1.807) is 0 Å². The third-order valence-electron chi connectivity index (χ3n) is 3.68. The Labute approximate surface area is 132 Å². The highest BCUT2D eigenvalue weighted by Crippen LogP contribution is 2.01. The van der Waals surface area contributed by atoms with Crippen molar-refractivity contribution in [3.05, 3.63) is 0 Å². The number of amides is 1. The van der Waals surface area contributed by atoms with Crippen molar-refractivity contribution in [2.45, 2.75) is 19.9 Å². The van der Waals surface area contributed by atoms with E-state index in [9.17, 15) is 9.59 Å². The summed E-state index contributed by atoms with van der Waals surface area (Å²) in [5, 5.41) is 8.55. The Balaban J connectivity index is 2.46. The maximum atomic E-state index is 11.9. The molecule has 0 saturated carbocycles. The topological polar surface area (TPSA) is 85.9 Å². The number of hydrogen-bond donors (Lipinski definition) is 3. The molecule has 0 bridgehead atoms. The van der Waals surface area contributed by atoms with Crippen molar-refractivity contribution < 1.29 is 14.3 Å². The maximum Gasteiger partial charge on any atom is 0.323 e. The van der Waals surface area contributed by atoms with E-state index in [0.29, 0.717) is 13.0 Å². The molecule has 1 rings (SSSR count). The summed E-state index contributed by atoms with van der Waals surface area (Å²) in [5.74, 6) is -0.170. The Morgan fingerprint density at radius 2 is 1.73 bits per heavy atom. The number of carbonyl (C=O) groups is 2. The molecule has 22 heavy (non-hydrogen) atoms. The first-order chi connectivity index (χ1) is 10.7.